The molecule has 0 radical (unpaired) electrons. The van der Waals surface area contributed by atoms with Crippen molar-refractivity contribution >= 4 is 11.5 Å². The van der Waals surface area contributed by atoms with E-state index in [4.69, 9.17) is 0 Å². The van der Waals surface area contributed by atoms with Crippen molar-refractivity contribution in [1.82, 2.24) is 19.5 Å². The third kappa shape index (κ3) is 3.40. The Morgan fingerprint density at radius 3 is 3.05 bits per heavy atom. The second kappa shape index (κ2) is 6.65. The zero-order chi connectivity index (χ0) is 15.5. The molecular weight excluding hydrogens is 274 g/mol. The highest BCUT2D eigenvalue weighted by atomic mass is 15.3. The highest BCUT2D eigenvalue weighted by Gasteiger charge is 2.17. The molecule has 1 aliphatic heterocycles. The predicted molar refractivity (Wildman–Crippen MR) is 90.4 cm³/mol. The molecule has 0 aliphatic carbocycles. The fraction of sp³-hybridized carbons (Fsp3) is 0.647. The van der Waals surface area contributed by atoms with Gasteiger partial charge in [-0.3, -0.25) is 0 Å². The minimum atomic E-state index is 0.424. The Morgan fingerprint density at radius 2 is 2.27 bits per heavy atom. The van der Waals surface area contributed by atoms with Gasteiger partial charge in [0.1, 0.15) is 5.82 Å². The molecule has 0 aromatic carbocycles. The molecule has 1 fully saturated rings. The topological polar surface area (TPSA) is 45.5 Å². The standard InChI is InChI=1S/C17H27N5/c1-13(2)15-11-17(22-16(20-15)7-9-19-22)18-8-6-14-5-4-10-21(3)12-14/h7,9,11,13-14,18H,4-6,8,10,12H2,1-3H3. The van der Waals surface area contributed by atoms with Crippen LogP contribution in [0, 0.1) is 5.92 Å². The van der Waals surface area contributed by atoms with Gasteiger partial charge in [0.15, 0.2) is 5.65 Å². The van der Waals surface area contributed by atoms with Crippen LogP contribution in [0.3, 0.4) is 0 Å². The van der Waals surface area contributed by atoms with Crippen LogP contribution >= 0.6 is 0 Å². The first-order valence-electron chi connectivity index (χ1n) is 8.40. The van der Waals surface area contributed by atoms with Gasteiger partial charge in [0.2, 0.25) is 0 Å². The van der Waals surface area contributed by atoms with Gasteiger partial charge in [0.25, 0.3) is 0 Å². The molecule has 5 nitrogen and oxygen atoms in total. The molecular formula is C17H27N5. The number of piperidine rings is 1. The molecule has 3 heterocycles. The highest BCUT2D eigenvalue weighted by molar-refractivity contribution is 5.49. The van der Waals surface area contributed by atoms with E-state index in [1.165, 1.54) is 32.4 Å². The van der Waals surface area contributed by atoms with Gasteiger partial charge in [0, 0.05) is 30.9 Å². The maximum atomic E-state index is 4.66. The molecule has 5 heteroatoms. The van der Waals surface area contributed by atoms with Crippen molar-refractivity contribution in [1.29, 1.82) is 0 Å². The summed E-state index contributed by atoms with van der Waals surface area (Å²) in [5.74, 6) is 2.29. The summed E-state index contributed by atoms with van der Waals surface area (Å²) in [4.78, 5) is 7.10. The van der Waals surface area contributed by atoms with E-state index in [0.717, 1.165) is 29.6 Å². The maximum Gasteiger partial charge on any atom is 0.157 e. The van der Waals surface area contributed by atoms with Gasteiger partial charge in [-0.25, -0.2) is 4.98 Å². The molecule has 1 aliphatic rings. The Hall–Kier alpha value is -1.62. The van der Waals surface area contributed by atoms with E-state index in [1.807, 2.05) is 16.8 Å². The van der Waals surface area contributed by atoms with E-state index < -0.39 is 0 Å². The molecule has 22 heavy (non-hydrogen) atoms. The van der Waals surface area contributed by atoms with Gasteiger partial charge in [-0.2, -0.15) is 9.61 Å². The SMILES string of the molecule is CC(C)c1cc(NCCC2CCCN(C)C2)n2nccc2n1. The van der Waals surface area contributed by atoms with Crippen LogP contribution in [0.1, 0.15) is 44.7 Å². The molecule has 120 valence electrons. The van der Waals surface area contributed by atoms with Crippen LogP contribution < -0.4 is 5.32 Å². The third-order valence-corrected chi connectivity index (χ3v) is 4.55. The Balaban J connectivity index is 1.66. The van der Waals surface area contributed by atoms with E-state index in [9.17, 15) is 0 Å². The number of nitrogens with one attached hydrogen (secondary N) is 1. The van der Waals surface area contributed by atoms with Crippen molar-refractivity contribution in [2.45, 2.75) is 39.0 Å². The van der Waals surface area contributed by atoms with Gasteiger partial charge in [-0.1, -0.05) is 13.8 Å². The van der Waals surface area contributed by atoms with Crippen molar-refractivity contribution in [3.63, 3.8) is 0 Å². The normalized spacial score (nSPS) is 19.9. The minimum Gasteiger partial charge on any atom is -0.370 e. The molecule has 0 spiro atoms. The van der Waals surface area contributed by atoms with Crippen LogP contribution in [0.25, 0.3) is 5.65 Å². The Bertz CT molecular complexity index is 619. The number of hydrogen-bond donors (Lipinski definition) is 1. The van der Waals surface area contributed by atoms with Gasteiger partial charge in [0.05, 0.1) is 6.20 Å². The van der Waals surface area contributed by atoms with Crippen LogP contribution in [0.2, 0.25) is 0 Å². The molecule has 2 aromatic heterocycles. The van der Waals surface area contributed by atoms with E-state index in [0.29, 0.717) is 5.92 Å². The highest BCUT2D eigenvalue weighted by Crippen LogP contribution is 2.21. The number of nitrogens with zero attached hydrogens (tertiary/aromatic N) is 4. The van der Waals surface area contributed by atoms with Gasteiger partial charge in [-0.05, 0) is 44.7 Å². The second-order valence-electron chi connectivity index (χ2n) is 6.81. The van der Waals surface area contributed by atoms with Crippen molar-refractivity contribution in [3.8, 4) is 0 Å². The summed E-state index contributed by atoms with van der Waals surface area (Å²) in [7, 11) is 2.23. The fourth-order valence-electron chi connectivity index (χ4n) is 3.27. The molecule has 0 saturated carbocycles. The lowest BCUT2D eigenvalue weighted by Crippen LogP contribution is -2.32. The third-order valence-electron chi connectivity index (χ3n) is 4.55. The van der Waals surface area contributed by atoms with Crippen molar-refractivity contribution in [2.75, 3.05) is 32.0 Å². The largest absolute Gasteiger partial charge is 0.370 e. The van der Waals surface area contributed by atoms with Gasteiger partial charge < -0.3 is 10.2 Å². The molecule has 0 bridgehead atoms. The average molecular weight is 301 g/mol. The van der Waals surface area contributed by atoms with Crippen LogP contribution in [0.15, 0.2) is 18.3 Å². The van der Waals surface area contributed by atoms with E-state index in [1.54, 1.807) is 0 Å². The predicted octanol–water partition coefficient (Wildman–Crippen LogP) is 3.00. The molecule has 1 N–H and O–H groups in total. The zero-order valence-corrected chi connectivity index (χ0v) is 13.9. The van der Waals surface area contributed by atoms with E-state index >= 15 is 0 Å². The first-order chi connectivity index (χ1) is 10.6. The number of aromatic nitrogens is 3. The summed E-state index contributed by atoms with van der Waals surface area (Å²) < 4.78 is 1.90. The number of rotatable bonds is 5. The maximum absolute atomic E-state index is 4.66. The number of fused-ring (bicyclic) bond motifs is 1. The van der Waals surface area contributed by atoms with E-state index in [2.05, 4.69) is 47.3 Å². The van der Waals surface area contributed by atoms with Gasteiger partial charge >= 0.3 is 0 Å². The number of likely N-dealkylation sites (tertiary alicyclic amines) is 1. The van der Waals surface area contributed by atoms with Crippen LogP contribution in [0.4, 0.5) is 5.82 Å². The van der Waals surface area contributed by atoms with Crippen molar-refractivity contribution < 1.29 is 0 Å². The summed E-state index contributed by atoms with van der Waals surface area (Å²) in [6, 6.07) is 4.10. The monoisotopic (exact) mass is 301 g/mol. The lowest BCUT2D eigenvalue weighted by molar-refractivity contribution is 0.205. The quantitative estimate of drug-likeness (QED) is 0.922. The summed E-state index contributed by atoms with van der Waals surface area (Å²) in [6.07, 6.45) is 5.72. The minimum absolute atomic E-state index is 0.424. The molecule has 0 amide bonds. The molecule has 1 atom stereocenters. The Labute approximate surface area is 132 Å². The summed E-state index contributed by atoms with van der Waals surface area (Å²) in [5, 5.41) is 7.95. The summed E-state index contributed by atoms with van der Waals surface area (Å²) in [6.45, 7) is 7.83. The molecule has 2 aromatic rings. The lowest BCUT2D eigenvalue weighted by atomic mass is 9.95. The lowest BCUT2D eigenvalue weighted by Gasteiger charge is -2.29. The van der Waals surface area contributed by atoms with Crippen LogP contribution in [0.5, 0.6) is 0 Å². The summed E-state index contributed by atoms with van der Waals surface area (Å²) >= 11 is 0. The van der Waals surface area contributed by atoms with Gasteiger partial charge in [-0.15, -0.1) is 0 Å². The molecule has 3 rings (SSSR count). The first-order valence-corrected chi connectivity index (χ1v) is 8.40. The van der Waals surface area contributed by atoms with Crippen molar-refractivity contribution in [3.05, 3.63) is 24.0 Å². The van der Waals surface area contributed by atoms with Crippen LogP contribution in [-0.4, -0.2) is 46.2 Å². The second-order valence-corrected chi connectivity index (χ2v) is 6.81. The Morgan fingerprint density at radius 1 is 1.41 bits per heavy atom. The average Bonchev–Trinajstić information content (AvgIpc) is 2.95. The summed E-state index contributed by atoms with van der Waals surface area (Å²) in [5.41, 5.74) is 2.04. The smallest absolute Gasteiger partial charge is 0.157 e. The van der Waals surface area contributed by atoms with E-state index in [-0.39, 0.29) is 0 Å². The number of anilines is 1. The van der Waals surface area contributed by atoms with Crippen molar-refractivity contribution in [2.24, 2.45) is 5.92 Å². The number of hydrogen-bond acceptors (Lipinski definition) is 4. The molecule has 1 unspecified atom stereocenters. The van der Waals surface area contributed by atoms with Crippen LogP contribution in [-0.2, 0) is 0 Å². The zero-order valence-electron chi connectivity index (χ0n) is 13.9. The molecule has 1 saturated heterocycles. The fourth-order valence-corrected chi connectivity index (χ4v) is 3.27. The Kier molecular flexibility index (Phi) is 4.62. The first kappa shape index (κ1) is 15.3.